The van der Waals surface area contributed by atoms with E-state index >= 15 is 0 Å². The van der Waals surface area contributed by atoms with Crippen LogP contribution in [0.4, 0.5) is 11.6 Å². The number of anilines is 2. The first kappa shape index (κ1) is 15.6. The smallest absolute Gasteiger partial charge is 0.270 e. The van der Waals surface area contributed by atoms with Crippen molar-refractivity contribution in [2.45, 2.75) is 25.8 Å². The predicted octanol–water partition coefficient (Wildman–Crippen LogP) is 3.08. The molecule has 2 aromatic rings. The van der Waals surface area contributed by atoms with Gasteiger partial charge in [0.05, 0.1) is 12.8 Å². The number of rotatable bonds is 5. The highest BCUT2D eigenvalue weighted by Gasteiger charge is 2.24. The molecule has 7 heteroatoms. The molecule has 1 aromatic heterocycles. The number of amides is 1. The van der Waals surface area contributed by atoms with E-state index in [9.17, 15) is 4.79 Å². The molecule has 0 spiro atoms. The number of benzene rings is 1. The minimum atomic E-state index is -0.181. The molecular formula is C16H17ClN4O2. The molecule has 0 aliphatic heterocycles. The van der Waals surface area contributed by atoms with Crippen molar-refractivity contribution in [2.24, 2.45) is 0 Å². The van der Waals surface area contributed by atoms with E-state index in [1.807, 2.05) is 6.92 Å². The molecular weight excluding hydrogens is 316 g/mol. The molecule has 3 rings (SSSR count). The molecule has 0 atom stereocenters. The minimum absolute atomic E-state index is 0.181. The van der Waals surface area contributed by atoms with E-state index in [1.165, 1.54) is 0 Å². The van der Waals surface area contributed by atoms with Crippen LogP contribution in [0, 0.1) is 6.92 Å². The van der Waals surface area contributed by atoms with E-state index in [0.717, 1.165) is 12.8 Å². The molecule has 1 amide bonds. The van der Waals surface area contributed by atoms with Crippen molar-refractivity contribution in [1.29, 1.82) is 0 Å². The Morgan fingerprint density at radius 2 is 2.09 bits per heavy atom. The second-order valence-electron chi connectivity index (χ2n) is 5.44. The first-order valence-corrected chi connectivity index (χ1v) is 7.70. The molecule has 1 aromatic carbocycles. The number of carbonyl (C=O) groups is 1. The monoisotopic (exact) mass is 332 g/mol. The zero-order chi connectivity index (χ0) is 16.4. The molecule has 0 radical (unpaired) electrons. The van der Waals surface area contributed by atoms with Crippen molar-refractivity contribution in [3.05, 3.63) is 40.7 Å². The van der Waals surface area contributed by atoms with Crippen LogP contribution in [0.5, 0.6) is 5.75 Å². The van der Waals surface area contributed by atoms with E-state index in [2.05, 4.69) is 20.6 Å². The number of hydrogen-bond acceptors (Lipinski definition) is 5. The van der Waals surface area contributed by atoms with Crippen molar-refractivity contribution in [3.8, 4) is 5.75 Å². The van der Waals surface area contributed by atoms with Gasteiger partial charge in [-0.2, -0.15) is 0 Å². The fraction of sp³-hybridized carbons (Fsp3) is 0.312. The summed E-state index contributed by atoms with van der Waals surface area (Å²) >= 11 is 6.02. The van der Waals surface area contributed by atoms with Crippen LogP contribution >= 0.6 is 11.6 Å². The number of aryl methyl sites for hydroxylation is 1. The van der Waals surface area contributed by atoms with Gasteiger partial charge in [0, 0.05) is 16.8 Å². The van der Waals surface area contributed by atoms with Crippen molar-refractivity contribution < 1.29 is 9.53 Å². The number of hydrogen-bond donors (Lipinski definition) is 2. The number of nitrogens with one attached hydrogen (secondary N) is 2. The van der Waals surface area contributed by atoms with E-state index < -0.39 is 0 Å². The fourth-order valence-electron chi connectivity index (χ4n) is 2.13. The van der Waals surface area contributed by atoms with Crippen LogP contribution in [0.25, 0.3) is 0 Å². The van der Waals surface area contributed by atoms with Gasteiger partial charge in [-0.25, -0.2) is 9.97 Å². The second kappa shape index (κ2) is 6.42. The van der Waals surface area contributed by atoms with Crippen LogP contribution in [-0.4, -0.2) is 29.0 Å². The maximum absolute atomic E-state index is 12.2. The lowest BCUT2D eigenvalue weighted by atomic mass is 10.3. The Kier molecular flexibility index (Phi) is 4.34. The summed E-state index contributed by atoms with van der Waals surface area (Å²) in [6.45, 7) is 1.82. The highest BCUT2D eigenvalue weighted by Crippen LogP contribution is 2.29. The summed E-state index contributed by atoms with van der Waals surface area (Å²) in [4.78, 5) is 20.7. The molecule has 0 saturated heterocycles. The molecule has 0 unspecified atom stereocenters. The lowest BCUT2D eigenvalue weighted by Gasteiger charge is -2.12. The minimum Gasteiger partial charge on any atom is -0.495 e. The van der Waals surface area contributed by atoms with Gasteiger partial charge in [0.15, 0.2) is 0 Å². The second-order valence-corrected chi connectivity index (χ2v) is 5.87. The number of methoxy groups -OCH3 is 1. The molecule has 1 saturated carbocycles. The van der Waals surface area contributed by atoms with Gasteiger partial charge in [-0.15, -0.1) is 0 Å². The largest absolute Gasteiger partial charge is 0.495 e. The Bertz CT molecular complexity index is 747. The average Bonchev–Trinajstić information content (AvgIpc) is 3.31. The normalized spacial score (nSPS) is 13.5. The average molecular weight is 333 g/mol. The van der Waals surface area contributed by atoms with Crippen LogP contribution in [0.2, 0.25) is 5.02 Å². The summed E-state index contributed by atoms with van der Waals surface area (Å²) in [5.41, 5.74) is 1.68. The molecule has 1 fully saturated rings. The zero-order valence-corrected chi connectivity index (χ0v) is 13.6. The van der Waals surface area contributed by atoms with Crippen molar-refractivity contribution >= 4 is 29.1 Å². The van der Waals surface area contributed by atoms with Gasteiger partial charge in [0.2, 0.25) is 5.95 Å². The van der Waals surface area contributed by atoms with Crippen LogP contribution in [-0.2, 0) is 0 Å². The predicted molar refractivity (Wildman–Crippen MR) is 88.5 cm³/mol. The standard InChI is InChI=1S/C16H17ClN4O2/c1-9-7-13(15(22)19-11-4-5-11)21-16(18-9)20-12-8-10(17)3-6-14(12)23-2/h3,6-8,11H,4-5H2,1-2H3,(H,19,22)(H,18,20,21). The summed E-state index contributed by atoms with van der Waals surface area (Å²) in [7, 11) is 1.57. The third-order valence-corrected chi connectivity index (χ3v) is 3.64. The first-order chi connectivity index (χ1) is 11.0. The molecule has 2 N–H and O–H groups in total. The molecule has 120 valence electrons. The van der Waals surface area contributed by atoms with E-state index in [-0.39, 0.29) is 11.9 Å². The highest BCUT2D eigenvalue weighted by atomic mass is 35.5. The molecule has 1 heterocycles. The summed E-state index contributed by atoms with van der Waals surface area (Å²) in [6, 6.07) is 7.15. The van der Waals surface area contributed by atoms with Gasteiger partial charge in [-0.1, -0.05) is 11.6 Å². The van der Waals surface area contributed by atoms with Gasteiger partial charge in [0.1, 0.15) is 11.4 Å². The van der Waals surface area contributed by atoms with E-state index in [1.54, 1.807) is 31.4 Å². The summed E-state index contributed by atoms with van der Waals surface area (Å²) < 4.78 is 5.29. The van der Waals surface area contributed by atoms with Crippen molar-refractivity contribution in [2.75, 3.05) is 12.4 Å². The molecule has 6 nitrogen and oxygen atoms in total. The van der Waals surface area contributed by atoms with Gasteiger partial charge < -0.3 is 15.4 Å². The quantitative estimate of drug-likeness (QED) is 0.880. The van der Waals surface area contributed by atoms with Crippen LogP contribution in [0.1, 0.15) is 29.0 Å². The number of aromatic nitrogens is 2. The number of carbonyl (C=O) groups excluding carboxylic acids is 1. The number of nitrogens with zero attached hydrogens (tertiary/aromatic N) is 2. The maximum atomic E-state index is 12.2. The third-order valence-electron chi connectivity index (χ3n) is 3.41. The third kappa shape index (κ3) is 3.90. The Morgan fingerprint density at radius 1 is 1.30 bits per heavy atom. The zero-order valence-electron chi connectivity index (χ0n) is 12.9. The lowest BCUT2D eigenvalue weighted by molar-refractivity contribution is 0.0946. The van der Waals surface area contributed by atoms with E-state index in [4.69, 9.17) is 16.3 Å². The Balaban J connectivity index is 1.86. The highest BCUT2D eigenvalue weighted by molar-refractivity contribution is 6.31. The topological polar surface area (TPSA) is 76.1 Å². The van der Waals surface area contributed by atoms with Crippen LogP contribution in [0.15, 0.2) is 24.3 Å². The first-order valence-electron chi connectivity index (χ1n) is 7.32. The Hall–Kier alpha value is -2.34. The molecule has 23 heavy (non-hydrogen) atoms. The van der Waals surface area contributed by atoms with Crippen LogP contribution in [0.3, 0.4) is 0 Å². The summed E-state index contributed by atoms with van der Waals surface area (Å²) in [5.74, 6) is 0.758. The lowest BCUT2D eigenvalue weighted by Crippen LogP contribution is -2.26. The molecule has 0 bridgehead atoms. The van der Waals surface area contributed by atoms with Crippen LogP contribution < -0.4 is 15.4 Å². The SMILES string of the molecule is COc1ccc(Cl)cc1Nc1nc(C)cc(C(=O)NC2CC2)n1. The number of halogens is 1. The van der Waals surface area contributed by atoms with E-state index in [0.29, 0.717) is 33.8 Å². The number of ether oxygens (including phenoxy) is 1. The van der Waals surface area contributed by atoms with Gasteiger partial charge in [0.25, 0.3) is 5.91 Å². The Labute approximate surface area is 139 Å². The fourth-order valence-corrected chi connectivity index (χ4v) is 2.30. The van der Waals surface area contributed by atoms with Crippen molar-refractivity contribution in [3.63, 3.8) is 0 Å². The van der Waals surface area contributed by atoms with Gasteiger partial charge in [-0.05, 0) is 44.0 Å². The van der Waals surface area contributed by atoms with Gasteiger partial charge in [-0.3, -0.25) is 4.79 Å². The maximum Gasteiger partial charge on any atom is 0.270 e. The Morgan fingerprint density at radius 3 is 2.78 bits per heavy atom. The summed E-state index contributed by atoms with van der Waals surface area (Å²) in [6.07, 6.45) is 2.06. The van der Waals surface area contributed by atoms with Gasteiger partial charge >= 0.3 is 0 Å². The summed E-state index contributed by atoms with van der Waals surface area (Å²) in [5, 5.41) is 6.54. The molecule has 1 aliphatic rings. The van der Waals surface area contributed by atoms with Crippen molar-refractivity contribution in [1.82, 2.24) is 15.3 Å². The molecule has 1 aliphatic carbocycles.